The van der Waals surface area contributed by atoms with E-state index < -0.39 is 0 Å². The van der Waals surface area contributed by atoms with Gasteiger partial charge in [0, 0.05) is 38.2 Å². The largest absolute Gasteiger partial charge is 0.370 e. The van der Waals surface area contributed by atoms with Crippen LogP contribution in [0, 0.1) is 0 Å². The average Bonchev–Trinajstić information content (AvgIpc) is 2.44. The Labute approximate surface area is 129 Å². The van der Waals surface area contributed by atoms with Crippen LogP contribution in [-0.4, -0.2) is 54.6 Å². The zero-order valence-electron chi connectivity index (χ0n) is 14.5. The predicted octanol–water partition coefficient (Wildman–Crippen LogP) is 2.64. The third kappa shape index (κ3) is 5.50. The van der Waals surface area contributed by atoms with Gasteiger partial charge in [-0.25, -0.2) is 9.97 Å². The SMILES string of the molecule is CCCNc1cc(N(CC)C(C)CN(C)C)nc(CC)n1. The van der Waals surface area contributed by atoms with Crippen LogP contribution in [0.15, 0.2) is 6.07 Å². The van der Waals surface area contributed by atoms with Gasteiger partial charge in [-0.3, -0.25) is 0 Å². The molecule has 1 atom stereocenters. The van der Waals surface area contributed by atoms with Gasteiger partial charge >= 0.3 is 0 Å². The summed E-state index contributed by atoms with van der Waals surface area (Å²) >= 11 is 0. The van der Waals surface area contributed by atoms with E-state index in [-0.39, 0.29) is 0 Å². The summed E-state index contributed by atoms with van der Waals surface area (Å²) in [4.78, 5) is 13.8. The second kappa shape index (κ2) is 8.82. The highest BCUT2D eigenvalue weighted by Crippen LogP contribution is 2.19. The minimum Gasteiger partial charge on any atom is -0.370 e. The van der Waals surface area contributed by atoms with Crippen molar-refractivity contribution >= 4 is 11.6 Å². The lowest BCUT2D eigenvalue weighted by Crippen LogP contribution is -2.40. The van der Waals surface area contributed by atoms with Crippen LogP contribution in [0.1, 0.15) is 39.9 Å². The number of likely N-dealkylation sites (N-methyl/N-ethyl adjacent to an activating group) is 2. The number of nitrogens with zero attached hydrogens (tertiary/aromatic N) is 4. The van der Waals surface area contributed by atoms with Gasteiger partial charge in [-0.05, 0) is 34.4 Å². The molecule has 0 saturated carbocycles. The van der Waals surface area contributed by atoms with E-state index in [9.17, 15) is 0 Å². The molecule has 0 fully saturated rings. The maximum absolute atomic E-state index is 4.72. The van der Waals surface area contributed by atoms with Crippen LogP contribution in [0.4, 0.5) is 11.6 Å². The molecule has 120 valence electrons. The Kier molecular flexibility index (Phi) is 7.43. The number of anilines is 2. The zero-order valence-corrected chi connectivity index (χ0v) is 14.5. The van der Waals surface area contributed by atoms with Crippen molar-refractivity contribution in [1.29, 1.82) is 0 Å². The van der Waals surface area contributed by atoms with Gasteiger partial charge in [-0.1, -0.05) is 13.8 Å². The van der Waals surface area contributed by atoms with Crippen molar-refractivity contribution in [1.82, 2.24) is 14.9 Å². The van der Waals surface area contributed by atoms with Crippen molar-refractivity contribution in [2.45, 2.75) is 46.6 Å². The zero-order chi connectivity index (χ0) is 15.8. The average molecular weight is 293 g/mol. The molecule has 0 aliphatic rings. The summed E-state index contributed by atoms with van der Waals surface area (Å²) in [7, 11) is 4.21. The van der Waals surface area contributed by atoms with E-state index in [0.717, 1.165) is 49.9 Å². The lowest BCUT2D eigenvalue weighted by molar-refractivity contribution is 0.372. The van der Waals surface area contributed by atoms with E-state index in [1.54, 1.807) is 0 Å². The van der Waals surface area contributed by atoms with E-state index >= 15 is 0 Å². The molecule has 21 heavy (non-hydrogen) atoms. The van der Waals surface area contributed by atoms with Gasteiger partial charge in [0.25, 0.3) is 0 Å². The molecular weight excluding hydrogens is 262 g/mol. The highest BCUT2D eigenvalue weighted by atomic mass is 15.2. The lowest BCUT2D eigenvalue weighted by atomic mass is 10.2. The van der Waals surface area contributed by atoms with Crippen LogP contribution in [0.3, 0.4) is 0 Å². The third-order valence-corrected chi connectivity index (χ3v) is 3.43. The van der Waals surface area contributed by atoms with E-state index in [0.29, 0.717) is 6.04 Å². The van der Waals surface area contributed by atoms with E-state index in [1.165, 1.54) is 0 Å². The summed E-state index contributed by atoms with van der Waals surface area (Å²) in [6.45, 7) is 11.6. The second-order valence-electron chi connectivity index (χ2n) is 5.71. The first-order valence-electron chi connectivity index (χ1n) is 8.04. The van der Waals surface area contributed by atoms with Crippen LogP contribution in [-0.2, 0) is 6.42 Å². The Hall–Kier alpha value is -1.36. The van der Waals surface area contributed by atoms with Crippen molar-refractivity contribution in [3.05, 3.63) is 11.9 Å². The summed E-state index contributed by atoms with van der Waals surface area (Å²) in [6, 6.07) is 2.49. The molecule has 0 saturated heterocycles. The molecule has 0 bridgehead atoms. The molecule has 1 N–H and O–H groups in total. The predicted molar refractivity (Wildman–Crippen MR) is 91.2 cm³/mol. The molecule has 1 aromatic heterocycles. The molecule has 1 rings (SSSR count). The second-order valence-corrected chi connectivity index (χ2v) is 5.71. The van der Waals surface area contributed by atoms with Crippen LogP contribution >= 0.6 is 0 Å². The minimum atomic E-state index is 0.420. The molecule has 0 amide bonds. The lowest BCUT2D eigenvalue weighted by Gasteiger charge is -2.31. The van der Waals surface area contributed by atoms with Crippen LogP contribution in [0.5, 0.6) is 0 Å². The minimum absolute atomic E-state index is 0.420. The fraction of sp³-hybridized carbons (Fsp3) is 0.750. The molecule has 5 heteroatoms. The summed E-state index contributed by atoms with van der Waals surface area (Å²) in [5.74, 6) is 2.87. The Morgan fingerprint density at radius 1 is 1.19 bits per heavy atom. The highest BCUT2D eigenvalue weighted by Gasteiger charge is 2.16. The first-order valence-corrected chi connectivity index (χ1v) is 8.04. The number of nitrogens with one attached hydrogen (secondary N) is 1. The molecule has 0 radical (unpaired) electrons. The maximum atomic E-state index is 4.72. The standard InChI is InChI=1S/C16H31N5/c1-7-10-17-15-11-16(19-14(8-2)18-15)21(9-3)13(4)12-20(5)6/h11,13H,7-10,12H2,1-6H3,(H,17,18,19). The van der Waals surface area contributed by atoms with Crippen LogP contribution < -0.4 is 10.2 Å². The van der Waals surface area contributed by atoms with Gasteiger partial charge in [0.1, 0.15) is 17.5 Å². The van der Waals surface area contributed by atoms with Crippen molar-refractivity contribution in [3.8, 4) is 0 Å². The number of hydrogen-bond acceptors (Lipinski definition) is 5. The van der Waals surface area contributed by atoms with Gasteiger partial charge in [0.2, 0.25) is 0 Å². The third-order valence-electron chi connectivity index (χ3n) is 3.43. The Bertz CT molecular complexity index is 419. The van der Waals surface area contributed by atoms with Gasteiger partial charge in [-0.15, -0.1) is 0 Å². The Morgan fingerprint density at radius 3 is 2.43 bits per heavy atom. The molecule has 0 spiro atoms. The van der Waals surface area contributed by atoms with Gasteiger partial charge in [0.05, 0.1) is 0 Å². The fourth-order valence-corrected chi connectivity index (χ4v) is 2.46. The van der Waals surface area contributed by atoms with Gasteiger partial charge < -0.3 is 15.1 Å². The topological polar surface area (TPSA) is 44.3 Å². The Morgan fingerprint density at radius 2 is 1.90 bits per heavy atom. The van der Waals surface area contributed by atoms with Crippen molar-refractivity contribution in [2.24, 2.45) is 0 Å². The summed E-state index contributed by atoms with van der Waals surface area (Å²) < 4.78 is 0. The molecule has 0 aliphatic heterocycles. The van der Waals surface area contributed by atoms with Crippen LogP contribution in [0.25, 0.3) is 0 Å². The van der Waals surface area contributed by atoms with Crippen molar-refractivity contribution in [3.63, 3.8) is 0 Å². The number of aryl methyl sites for hydroxylation is 1. The highest BCUT2D eigenvalue weighted by molar-refractivity contribution is 5.50. The molecule has 5 nitrogen and oxygen atoms in total. The van der Waals surface area contributed by atoms with E-state index in [2.05, 4.69) is 68.0 Å². The quantitative estimate of drug-likeness (QED) is 0.758. The molecule has 0 aliphatic carbocycles. The first-order chi connectivity index (χ1) is 10.0. The number of rotatable bonds is 9. The maximum Gasteiger partial charge on any atom is 0.134 e. The molecule has 1 aromatic rings. The smallest absolute Gasteiger partial charge is 0.134 e. The first kappa shape index (κ1) is 17.7. The van der Waals surface area contributed by atoms with Crippen LogP contribution in [0.2, 0.25) is 0 Å². The summed E-state index contributed by atoms with van der Waals surface area (Å²) in [6.07, 6.45) is 1.95. The Balaban J connectivity index is 3.01. The summed E-state index contributed by atoms with van der Waals surface area (Å²) in [5.41, 5.74) is 0. The molecule has 0 aromatic carbocycles. The summed E-state index contributed by atoms with van der Waals surface area (Å²) in [5, 5.41) is 3.38. The van der Waals surface area contributed by atoms with Crippen molar-refractivity contribution < 1.29 is 0 Å². The van der Waals surface area contributed by atoms with Crippen molar-refractivity contribution in [2.75, 3.05) is 43.9 Å². The number of aromatic nitrogens is 2. The fourth-order valence-electron chi connectivity index (χ4n) is 2.46. The van der Waals surface area contributed by atoms with E-state index in [4.69, 9.17) is 4.98 Å². The van der Waals surface area contributed by atoms with E-state index in [1.807, 2.05) is 0 Å². The monoisotopic (exact) mass is 293 g/mol. The molecule has 1 heterocycles. The normalized spacial score (nSPS) is 12.5. The van der Waals surface area contributed by atoms with Gasteiger partial charge in [0.15, 0.2) is 0 Å². The molecule has 1 unspecified atom stereocenters. The number of hydrogen-bond donors (Lipinski definition) is 1. The van der Waals surface area contributed by atoms with Gasteiger partial charge in [-0.2, -0.15) is 0 Å². The molecular formula is C16H31N5.